The Hall–Kier alpha value is -2.86. The molecule has 27 heavy (non-hydrogen) atoms. The standard InChI is InChI=1S/C20H22ClN5O/c1-14(15-6-4-3-5-7-15)24-20(22-2)23-13-12-18-25-19(26-27-18)16-8-10-17(21)11-9-16/h3-11,14H,12-13H2,1-2H3,(H2,22,23,24). The number of aliphatic imine (C=N–C) groups is 1. The molecule has 0 bridgehead atoms. The van der Waals surface area contributed by atoms with Crippen molar-refractivity contribution in [1.29, 1.82) is 0 Å². The first-order valence-electron chi connectivity index (χ1n) is 8.76. The largest absolute Gasteiger partial charge is 0.356 e. The molecule has 1 heterocycles. The minimum Gasteiger partial charge on any atom is -0.356 e. The SMILES string of the molecule is CN=C(NCCc1nc(-c2ccc(Cl)cc2)no1)NC(C)c1ccccc1. The van der Waals surface area contributed by atoms with Crippen molar-refractivity contribution in [3.63, 3.8) is 0 Å². The molecule has 0 saturated heterocycles. The van der Waals surface area contributed by atoms with Gasteiger partial charge in [-0.1, -0.05) is 47.1 Å². The lowest BCUT2D eigenvalue weighted by atomic mass is 10.1. The molecule has 0 aliphatic heterocycles. The van der Waals surface area contributed by atoms with Gasteiger partial charge in [0.15, 0.2) is 5.96 Å². The fraction of sp³-hybridized carbons (Fsp3) is 0.250. The normalized spacial score (nSPS) is 12.6. The van der Waals surface area contributed by atoms with Crippen LogP contribution in [0.2, 0.25) is 5.02 Å². The van der Waals surface area contributed by atoms with Gasteiger partial charge in [0.2, 0.25) is 11.7 Å². The molecule has 0 aliphatic carbocycles. The number of benzene rings is 2. The van der Waals surface area contributed by atoms with Crippen molar-refractivity contribution in [2.75, 3.05) is 13.6 Å². The second kappa shape index (κ2) is 9.19. The minimum atomic E-state index is 0.150. The van der Waals surface area contributed by atoms with E-state index in [4.69, 9.17) is 16.1 Å². The molecule has 2 aromatic carbocycles. The van der Waals surface area contributed by atoms with Gasteiger partial charge in [-0.25, -0.2) is 0 Å². The molecular weight excluding hydrogens is 362 g/mol. The minimum absolute atomic E-state index is 0.150. The summed E-state index contributed by atoms with van der Waals surface area (Å²) < 4.78 is 5.32. The van der Waals surface area contributed by atoms with E-state index in [-0.39, 0.29) is 6.04 Å². The third-order valence-corrected chi connectivity index (χ3v) is 4.33. The van der Waals surface area contributed by atoms with Gasteiger partial charge in [-0.05, 0) is 36.8 Å². The van der Waals surface area contributed by atoms with Crippen LogP contribution in [0.1, 0.15) is 24.4 Å². The first-order chi connectivity index (χ1) is 13.2. The van der Waals surface area contributed by atoms with E-state index in [9.17, 15) is 0 Å². The number of hydrogen-bond acceptors (Lipinski definition) is 4. The van der Waals surface area contributed by atoms with Crippen LogP contribution in [0.25, 0.3) is 11.4 Å². The highest BCUT2D eigenvalue weighted by Crippen LogP contribution is 2.18. The summed E-state index contributed by atoms with van der Waals surface area (Å²) in [5, 5.41) is 11.3. The number of hydrogen-bond donors (Lipinski definition) is 2. The summed E-state index contributed by atoms with van der Waals surface area (Å²) in [4.78, 5) is 8.68. The zero-order valence-corrected chi connectivity index (χ0v) is 16.1. The Morgan fingerprint density at radius 2 is 1.89 bits per heavy atom. The van der Waals surface area contributed by atoms with E-state index >= 15 is 0 Å². The molecular formula is C20H22ClN5O. The van der Waals surface area contributed by atoms with Crippen LogP contribution in [0.15, 0.2) is 64.1 Å². The number of nitrogens with zero attached hydrogens (tertiary/aromatic N) is 3. The van der Waals surface area contributed by atoms with E-state index in [1.807, 2.05) is 30.3 Å². The number of rotatable bonds is 6. The van der Waals surface area contributed by atoms with Gasteiger partial charge in [-0.3, -0.25) is 4.99 Å². The molecule has 0 fully saturated rings. The average Bonchev–Trinajstić information content (AvgIpc) is 3.17. The van der Waals surface area contributed by atoms with Crippen molar-refractivity contribution in [1.82, 2.24) is 20.8 Å². The molecule has 6 nitrogen and oxygen atoms in total. The predicted octanol–water partition coefficient (Wildman–Crippen LogP) is 3.86. The lowest BCUT2D eigenvalue weighted by molar-refractivity contribution is 0.378. The van der Waals surface area contributed by atoms with E-state index < -0.39 is 0 Å². The molecule has 0 aliphatic rings. The smallest absolute Gasteiger partial charge is 0.228 e. The highest BCUT2D eigenvalue weighted by molar-refractivity contribution is 6.30. The van der Waals surface area contributed by atoms with Gasteiger partial charge in [0.1, 0.15) is 0 Å². The van der Waals surface area contributed by atoms with Crippen molar-refractivity contribution < 1.29 is 4.52 Å². The average molecular weight is 384 g/mol. The molecule has 0 spiro atoms. The van der Waals surface area contributed by atoms with E-state index in [1.54, 1.807) is 19.2 Å². The second-order valence-electron chi connectivity index (χ2n) is 6.04. The van der Waals surface area contributed by atoms with Crippen LogP contribution in [-0.4, -0.2) is 29.7 Å². The lowest BCUT2D eigenvalue weighted by Crippen LogP contribution is -2.39. The van der Waals surface area contributed by atoms with Crippen molar-refractivity contribution in [3.8, 4) is 11.4 Å². The van der Waals surface area contributed by atoms with E-state index in [2.05, 4.69) is 44.8 Å². The van der Waals surface area contributed by atoms with Crippen LogP contribution < -0.4 is 10.6 Å². The summed E-state index contributed by atoms with van der Waals surface area (Å²) in [5.74, 6) is 1.85. The molecule has 0 amide bonds. The molecule has 2 N–H and O–H groups in total. The fourth-order valence-corrected chi connectivity index (χ4v) is 2.71. The molecule has 1 atom stereocenters. The Labute approximate surface area is 163 Å². The van der Waals surface area contributed by atoms with Crippen molar-refractivity contribution in [3.05, 3.63) is 71.1 Å². The number of aromatic nitrogens is 2. The van der Waals surface area contributed by atoms with Crippen LogP contribution >= 0.6 is 11.6 Å². The quantitative estimate of drug-likeness (QED) is 0.499. The predicted molar refractivity (Wildman–Crippen MR) is 108 cm³/mol. The Morgan fingerprint density at radius 1 is 1.15 bits per heavy atom. The van der Waals surface area contributed by atoms with Crippen LogP contribution in [0.5, 0.6) is 0 Å². The van der Waals surface area contributed by atoms with Gasteiger partial charge in [-0.15, -0.1) is 0 Å². The Morgan fingerprint density at radius 3 is 2.59 bits per heavy atom. The third kappa shape index (κ3) is 5.31. The van der Waals surface area contributed by atoms with Crippen molar-refractivity contribution >= 4 is 17.6 Å². The van der Waals surface area contributed by atoms with E-state index in [0.29, 0.717) is 29.7 Å². The highest BCUT2D eigenvalue weighted by Gasteiger charge is 2.10. The van der Waals surface area contributed by atoms with E-state index in [1.165, 1.54) is 5.56 Å². The summed E-state index contributed by atoms with van der Waals surface area (Å²) in [7, 11) is 1.75. The van der Waals surface area contributed by atoms with Gasteiger partial charge in [0, 0.05) is 30.6 Å². The van der Waals surface area contributed by atoms with Gasteiger partial charge in [0.25, 0.3) is 0 Å². The fourth-order valence-electron chi connectivity index (χ4n) is 2.59. The summed E-state index contributed by atoms with van der Waals surface area (Å²) in [6.07, 6.45) is 0.598. The maximum Gasteiger partial charge on any atom is 0.228 e. The van der Waals surface area contributed by atoms with Crippen molar-refractivity contribution in [2.45, 2.75) is 19.4 Å². The summed E-state index contributed by atoms with van der Waals surface area (Å²) in [6.45, 7) is 2.72. The molecule has 140 valence electrons. The van der Waals surface area contributed by atoms with Gasteiger partial charge < -0.3 is 15.2 Å². The maximum absolute atomic E-state index is 5.90. The van der Waals surface area contributed by atoms with Gasteiger partial charge in [0.05, 0.1) is 6.04 Å². The Bertz CT molecular complexity index is 877. The van der Waals surface area contributed by atoms with Crippen molar-refractivity contribution in [2.24, 2.45) is 4.99 Å². The Kier molecular flexibility index (Phi) is 6.44. The zero-order chi connectivity index (χ0) is 19.1. The molecule has 0 radical (unpaired) electrons. The maximum atomic E-state index is 5.90. The molecule has 1 aromatic heterocycles. The third-order valence-electron chi connectivity index (χ3n) is 4.08. The summed E-state index contributed by atoms with van der Waals surface area (Å²) in [5.41, 5.74) is 2.07. The monoisotopic (exact) mass is 383 g/mol. The molecule has 0 saturated carbocycles. The molecule has 7 heteroatoms. The first kappa shape index (κ1) is 18.9. The summed E-state index contributed by atoms with van der Waals surface area (Å²) >= 11 is 5.90. The highest BCUT2D eigenvalue weighted by atomic mass is 35.5. The number of halogens is 1. The molecule has 3 rings (SSSR count). The van der Waals surface area contributed by atoms with Crippen LogP contribution in [0.3, 0.4) is 0 Å². The first-order valence-corrected chi connectivity index (χ1v) is 9.14. The van der Waals surface area contributed by atoms with Crippen LogP contribution in [-0.2, 0) is 6.42 Å². The molecule has 3 aromatic rings. The molecule has 1 unspecified atom stereocenters. The van der Waals surface area contributed by atoms with Crippen LogP contribution in [0, 0.1) is 0 Å². The van der Waals surface area contributed by atoms with Gasteiger partial charge in [-0.2, -0.15) is 4.98 Å². The van der Waals surface area contributed by atoms with Gasteiger partial charge >= 0.3 is 0 Å². The van der Waals surface area contributed by atoms with Crippen LogP contribution in [0.4, 0.5) is 0 Å². The summed E-state index contributed by atoms with van der Waals surface area (Å²) in [6, 6.07) is 17.7. The topological polar surface area (TPSA) is 75.3 Å². The lowest BCUT2D eigenvalue weighted by Gasteiger charge is -2.17. The number of nitrogens with one attached hydrogen (secondary N) is 2. The number of guanidine groups is 1. The second-order valence-corrected chi connectivity index (χ2v) is 6.48. The van der Waals surface area contributed by atoms with E-state index in [0.717, 1.165) is 11.5 Å². The Balaban J connectivity index is 1.50. The zero-order valence-electron chi connectivity index (χ0n) is 15.3.